The Balaban J connectivity index is 2.41. The summed E-state index contributed by atoms with van der Waals surface area (Å²) in [5.41, 5.74) is 9.66. The van der Waals surface area contributed by atoms with Crippen LogP contribution in [0.5, 0.6) is 0 Å². The van der Waals surface area contributed by atoms with Gasteiger partial charge in [-0.1, -0.05) is 0 Å². The molecule has 0 aromatic carbocycles. The molecule has 8 nitrogen and oxygen atoms in total. The van der Waals surface area contributed by atoms with E-state index in [-0.39, 0.29) is 22.9 Å². The molecule has 0 bridgehead atoms. The average molecular weight is 363 g/mol. The Morgan fingerprint density at radius 2 is 2.08 bits per heavy atom. The SMILES string of the molecule is CC(C)(C)n1cc(C(=O)O)c(=O)c2c(N)c(F)c(N3CC[C@@H](N)C3)nc21. The van der Waals surface area contributed by atoms with Crippen LogP contribution in [0, 0.1) is 5.82 Å². The smallest absolute Gasteiger partial charge is 0.341 e. The van der Waals surface area contributed by atoms with E-state index in [1.54, 1.807) is 9.47 Å². The summed E-state index contributed by atoms with van der Waals surface area (Å²) in [6.07, 6.45) is 1.93. The van der Waals surface area contributed by atoms with Crippen LogP contribution in [0.25, 0.3) is 11.0 Å². The van der Waals surface area contributed by atoms with Gasteiger partial charge in [0.15, 0.2) is 11.6 Å². The van der Waals surface area contributed by atoms with Crippen LogP contribution in [0.15, 0.2) is 11.0 Å². The highest BCUT2D eigenvalue weighted by atomic mass is 19.1. The minimum absolute atomic E-state index is 0.0309. The van der Waals surface area contributed by atoms with Gasteiger partial charge in [0.1, 0.15) is 11.2 Å². The van der Waals surface area contributed by atoms with Gasteiger partial charge in [-0.05, 0) is 27.2 Å². The van der Waals surface area contributed by atoms with Crippen LogP contribution in [-0.2, 0) is 5.54 Å². The number of nitrogens with two attached hydrogens (primary N) is 2. The molecule has 0 radical (unpaired) electrons. The molecule has 26 heavy (non-hydrogen) atoms. The van der Waals surface area contributed by atoms with Gasteiger partial charge in [0.25, 0.3) is 0 Å². The monoisotopic (exact) mass is 363 g/mol. The molecule has 1 atom stereocenters. The van der Waals surface area contributed by atoms with Crippen molar-refractivity contribution in [2.75, 3.05) is 23.7 Å². The number of hydrogen-bond acceptors (Lipinski definition) is 6. The number of fused-ring (bicyclic) bond motifs is 1. The van der Waals surface area contributed by atoms with E-state index in [2.05, 4.69) is 4.98 Å². The maximum absolute atomic E-state index is 14.9. The lowest BCUT2D eigenvalue weighted by atomic mass is 10.1. The first-order chi connectivity index (χ1) is 12.0. The Bertz CT molecular complexity index is 964. The van der Waals surface area contributed by atoms with Gasteiger partial charge in [-0.3, -0.25) is 4.79 Å². The Morgan fingerprint density at radius 1 is 1.42 bits per heavy atom. The maximum atomic E-state index is 14.9. The predicted molar refractivity (Wildman–Crippen MR) is 97.1 cm³/mol. The zero-order valence-corrected chi connectivity index (χ0v) is 14.9. The molecule has 0 aliphatic carbocycles. The molecule has 1 aliphatic heterocycles. The Labute approximate surface area is 149 Å². The van der Waals surface area contributed by atoms with Crippen LogP contribution >= 0.6 is 0 Å². The van der Waals surface area contributed by atoms with Crippen LogP contribution in [-0.4, -0.2) is 39.8 Å². The molecule has 0 amide bonds. The van der Waals surface area contributed by atoms with Gasteiger partial charge in [-0.2, -0.15) is 0 Å². The first kappa shape index (κ1) is 18.1. The number of carboxylic acids is 1. The molecular formula is C17H22FN5O3. The lowest BCUT2D eigenvalue weighted by Gasteiger charge is -2.27. The van der Waals surface area contributed by atoms with Crippen molar-refractivity contribution < 1.29 is 14.3 Å². The minimum atomic E-state index is -1.40. The van der Waals surface area contributed by atoms with E-state index in [0.29, 0.717) is 19.5 Å². The summed E-state index contributed by atoms with van der Waals surface area (Å²) in [6, 6.07) is -0.0904. The van der Waals surface area contributed by atoms with Crippen molar-refractivity contribution in [2.24, 2.45) is 5.73 Å². The van der Waals surface area contributed by atoms with Crippen molar-refractivity contribution in [1.82, 2.24) is 9.55 Å². The highest BCUT2D eigenvalue weighted by Gasteiger charge is 2.29. The molecule has 2 aromatic heterocycles. The molecule has 0 saturated carbocycles. The topological polar surface area (TPSA) is 127 Å². The van der Waals surface area contributed by atoms with Crippen LogP contribution in [0.1, 0.15) is 37.6 Å². The van der Waals surface area contributed by atoms with E-state index in [0.717, 1.165) is 0 Å². The highest BCUT2D eigenvalue weighted by molar-refractivity contribution is 5.97. The van der Waals surface area contributed by atoms with Crippen LogP contribution < -0.4 is 21.8 Å². The molecule has 3 heterocycles. The van der Waals surface area contributed by atoms with E-state index in [1.165, 1.54) is 6.20 Å². The lowest BCUT2D eigenvalue weighted by Crippen LogP contribution is -2.31. The van der Waals surface area contributed by atoms with Crippen LogP contribution in [0.2, 0.25) is 0 Å². The van der Waals surface area contributed by atoms with Crippen molar-refractivity contribution >= 4 is 28.5 Å². The molecule has 140 valence electrons. The summed E-state index contributed by atoms with van der Waals surface area (Å²) >= 11 is 0. The number of carbonyl (C=O) groups is 1. The highest BCUT2D eigenvalue weighted by Crippen LogP contribution is 2.31. The standard InChI is InChI=1S/C17H22FN5O3/c1-17(2,3)23-7-9(16(25)26)13(24)10-12(20)11(18)15(21-14(10)23)22-5-4-8(19)6-22/h7-8H,4-6,19H2,1-3H3,(H2,20,21)(H,25,26)/t8-/m1/s1. The van der Waals surface area contributed by atoms with Gasteiger partial charge in [0, 0.05) is 30.9 Å². The number of aromatic nitrogens is 2. The number of nitrogen functional groups attached to an aromatic ring is 1. The minimum Gasteiger partial charge on any atom is -0.477 e. The fraction of sp³-hybridized carbons (Fsp3) is 0.471. The van der Waals surface area contributed by atoms with E-state index >= 15 is 0 Å². The lowest BCUT2D eigenvalue weighted by molar-refractivity contribution is 0.0694. The van der Waals surface area contributed by atoms with E-state index < -0.39 is 34.0 Å². The van der Waals surface area contributed by atoms with Crippen molar-refractivity contribution in [3.05, 3.63) is 27.8 Å². The van der Waals surface area contributed by atoms with Gasteiger partial charge < -0.3 is 26.0 Å². The molecular weight excluding hydrogens is 341 g/mol. The Morgan fingerprint density at radius 3 is 2.58 bits per heavy atom. The second-order valence-corrected chi connectivity index (χ2v) is 7.57. The molecule has 1 aliphatic rings. The van der Waals surface area contributed by atoms with Gasteiger partial charge >= 0.3 is 5.97 Å². The summed E-state index contributed by atoms with van der Waals surface area (Å²) in [6.45, 7) is 6.45. The van der Waals surface area contributed by atoms with Gasteiger partial charge in [-0.15, -0.1) is 0 Å². The molecule has 0 spiro atoms. The number of anilines is 2. The number of hydrogen-bond donors (Lipinski definition) is 3. The number of aromatic carboxylic acids is 1. The van der Waals surface area contributed by atoms with Gasteiger partial charge in [0.05, 0.1) is 11.1 Å². The van der Waals surface area contributed by atoms with E-state index in [9.17, 15) is 19.1 Å². The van der Waals surface area contributed by atoms with Crippen molar-refractivity contribution in [3.8, 4) is 0 Å². The third kappa shape index (κ3) is 2.78. The van der Waals surface area contributed by atoms with Gasteiger partial charge in [0.2, 0.25) is 5.43 Å². The number of nitrogens with zero attached hydrogens (tertiary/aromatic N) is 3. The summed E-state index contributed by atoms with van der Waals surface area (Å²) < 4.78 is 16.4. The molecule has 3 rings (SSSR count). The normalized spacial score (nSPS) is 17.9. The zero-order chi connectivity index (χ0) is 19.4. The second kappa shape index (κ2) is 5.94. The van der Waals surface area contributed by atoms with Gasteiger partial charge in [-0.25, -0.2) is 14.2 Å². The van der Waals surface area contributed by atoms with Crippen molar-refractivity contribution in [2.45, 2.75) is 38.8 Å². The number of rotatable bonds is 2. The number of carboxylic acid groups (broad SMARTS) is 1. The van der Waals surface area contributed by atoms with E-state index in [4.69, 9.17) is 11.5 Å². The van der Waals surface area contributed by atoms with Crippen LogP contribution in [0.4, 0.5) is 15.9 Å². The molecule has 1 saturated heterocycles. The van der Waals surface area contributed by atoms with Crippen molar-refractivity contribution in [3.63, 3.8) is 0 Å². The Kier molecular flexibility index (Phi) is 4.14. The predicted octanol–water partition coefficient (Wildman–Crippen LogP) is 1.11. The van der Waals surface area contributed by atoms with E-state index in [1.807, 2.05) is 20.8 Å². The first-order valence-electron chi connectivity index (χ1n) is 8.31. The summed E-state index contributed by atoms with van der Waals surface area (Å²) in [4.78, 5) is 30.1. The second-order valence-electron chi connectivity index (χ2n) is 7.57. The zero-order valence-electron chi connectivity index (χ0n) is 14.9. The largest absolute Gasteiger partial charge is 0.477 e. The molecule has 5 N–H and O–H groups in total. The fourth-order valence-corrected chi connectivity index (χ4v) is 3.19. The first-order valence-corrected chi connectivity index (χ1v) is 8.31. The summed E-state index contributed by atoms with van der Waals surface area (Å²) in [7, 11) is 0. The molecule has 0 unspecified atom stereocenters. The summed E-state index contributed by atoms with van der Waals surface area (Å²) in [5.74, 6) is -2.19. The average Bonchev–Trinajstić information content (AvgIpc) is 2.95. The molecule has 2 aromatic rings. The number of pyridine rings is 2. The Hall–Kier alpha value is -2.68. The van der Waals surface area contributed by atoms with Crippen LogP contribution in [0.3, 0.4) is 0 Å². The maximum Gasteiger partial charge on any atom is 0.341 e. The molecule has 1 fully saturated rings. The number of halogens is 1. The quantitative estimate of drug-likeness (QED) is 0.729. The summed E-state index contributed by atoms with van der Waals surface area (Å²) in [5, 5.41) is 9.12. The molecule has 9 heteroatoms. The third-order valence-electron chi connectivity index (χ3n) is 4.57. The third-order valence-corrected chi connectivity index (χ3v) is 4.57. The fourth-order valence-electron chi connectivity index (χ4n) is 3.19. The van der Waals surface area contributed by atoms with Crippen molar-refractivity contribution in [1.29, 1.82) is 0 Å².